The first-order valence-corrected chi connectivity index (χ1v) is 4.59. The smallest absolute Gasteiger partial charge is 0.237 e. The molecule has 0 radical (unpaired) electrons. The van der Waals surface area contributed by atoms with Crippen molar-refractivity contribution in [3.8, 4) is 0 Å². The molecule has 0 bridgehead atoms. The van der Waals surface area contributed by atoms with Crippen LogP contribution in [0.5, 0.6) is 0 Å². The van der Waals surface area contributed by atoms with E-state index in [4.69, 9.17) is 0 Å². The molecule has 2 nitrogen and oxygen atoms in total. The first-order valence-electron chi connectivity index (χ1n) is 2.98. The zero-order valence-corrected chi connectivity index (χ0v) is 6.54. The van der Waals surface area contributed by atoms with E-state index in [1.807, 2.05) is 0 Å². The Morgan fingerprint density at radius 3 is 2.00 bits per heavy atom. The fourth-order valence-corrected chi connectivity index (χ4v) is 2.59. The number of rotatable bonds is 0. The molecule has 3 atom stereocenters. The molecule has 66 valence electrons. The summed E-state index contributed by atoms with van der Waals surface area (Å²) in [6.07, 6.45) is -0.906. The molecule has 1 saturated heterocycles. The standard InChI is InChI=1S/C5H7F3O2S/c1-5(8)2-3(6)11(9,10)4(5)7/h3-4H,2H2,1H3. The van der Waals surface area contributed by atoms with Crippen molar-refractivity contribution in [2.75, 3.05) is 0 Å². The summed E-state index contributed by atoms with van der Waals surface area (Å²) in [4.78, 5) is 0. The molecule has 6 heteroatoms. The predicted molar refractivity (Wildman–Crippen MR) is 32.8 cm³/mol. The van der Waals surface area contributed by atoms with Gasteiger partial charge in [-0.2, -0.15) is 0 Å². The van der Waals surface area contributed by atoms with E-state index < -0.39 is 32.9 Å². The molecule has 1 aliphatic rings. The van der Waals surface area contributed by atoms with Crippen molar-refractivity contribution in [2.45, 2.75) is 30.0 Å². The van der Waals surface area contributed by atoms with Gasteiger partial charge in [0.15, 0.2) is 5.67 Å². The summed E-state index contributed by atoms with van der Waals surface area (Å²) < 4.78 is 58.7. The van der Waals surface area contributed by atoms with Crippen LogP contribution in [0.15, 0.2) is 0 Å². The summed E-state index contributed by atoms with van der Waals surface area (Å²) in [5, 5.41) is 0. The van der Waals surface area contributed by atoms with Crippen LogP contribution in [0.4, 0.5) is 13.2 Å². The van der Waals surface area contributed by atoms with Gasteiger partial charge < -0.3 is 0 Å². The van der Waals surface area contributed by atoms with Crippen LogP contribution in [0, 0.1) is 0 Å². The fraction of sp³-hybridized carbons (Fsp3) is 1.00. The highest BCUT2D eigenvalue weighted by Crippen LogP contribution is 2.40. The average Bonchev–Trinajstić information content (AvgIpc) is 1.94. The van der Waals surface area contributed by atoms with Crippen molar-refractivity contribution in [3.05, 3.63) is 0 Å². The van der Waals surface area contributed by atoms with E-state index in [9.17, 15) is 21.6 Å². The average molecular weight is 188 g/mol. The monoisotopic (exact) mass is 188 g/mol. The van der Waals surface area contributed by atoms with Crippen molar-refractivity contribution >= 4 is 9.84 Å². The molecule has 0 aromatic rings. The first kappa shape index (κ1) is 8.83. The normalized spacial score (nSPS) is 49.5. The van der Waals surface area contributed by atoms with E-state index in [2.05, 4.69) is 0 Å². The first-order chi connectivity index (χ1) is 4.78. The van der Waals surface area contributed by atoms with Crippen LogP contribution >= 0.6 is 0 Å². The molecule has 0 aromatic carbocycles. The molecule has 0 aliphatic carbocycles. The van der Waals surface area contributed by atoms with E-state index >= 15 is 0 Å². The van der Waals surface area contributed by atoms with Crippen molar-refractivity contribution in [1.82, 2.24) is 0 Å². The largest absolute Gasteiger partial charge is 0.240 e. The van der Waals surface area contributed by atoms with Gasteiger partial charge in [0.1, 0.15) is 0 Å². The van der Waals surface area contributed by atoms with Gasteiger partial charge in [-0.1, -0.05) is 0 Å². The second-order valence-corrected chi connectivity index (χ2v) is 4.90. The minimum Gasteiger partial charge on any atom is -0.240 e. The molecule has 1 heterocycles. The predicted octanol–water partition coefficient (Wildman–Crippen LogP) is 1.12. The van der Waals surface area contributed by atoms with Gasteiger partial charge in [-0.15, -0.1) is 0 Å². The lowest BCUT2D eigenvalue weighted by Gasteiger charge is -2.11. The molecule has 1 fully saturated rings. The molecule has 0 amide bonds. The minimum atomic E-state index is -4.52. The van der Waals surface area contributed by atoms with Gasteiger partial charge in [0.25, 0.3) is 0 Å². The molecule has 0 N–H and O–H groups in total. The van der Waals surface area contributed by atoms with Crippen LogP contribution in [0.25, 0.3) is 0 Å². The molecule has 3 unspecified atom stereocenters. The Hall–Kier alpha value is -0.260. The number of alkyl halides is 3. The third kappa shape index (κ3) is 1.13. The highest BCUT2D eigenvalue weighted by molar-refractivity contribution is 7.92. The Morgan fingerprint density at radius 2 is 1.91 bits per heavy atom. The highest BCUT2D eigenvalue weighted by atomic mass is 32.2. The zero-order chi connectivity index (χ0) is 8.86. The van der Waals surface area contributed by atoms with Gasteiger partial charge in [0.05, 0.1) is 0 Å². The Bertz CT molecular complexity index is 259. The van der Waals surface area contributed by atoms with Gasteiger partial charge in [0, 0.05) is 6.42 Å². The second-order valence-electron chi connectivity index (χ2n) is 2.80. The van der Waals surface area contributed by atoms with Crippen molar-refractivity contribution in [1.29, 1.82) is 0 Å². The van der Waals surface area contributed by atoms with Gasteiger partial charge in [-0.25, -0.2) is 21.6 Å². The lowest BCUT2D eigenvalue weighted by molar-refractivity contribution is 0.112. The molecule has 0 spiro atoms. The lowest BCUT2D eigenvalue weighted by atomic mass is 10.1. The van der Waals surface area contributed by atoms with E-state index in [-0.39, 0.29) is 0 Å². The number of hydrogen-bond acceptors (Lipinski definition) is 2. The van der Waals surface area contributed by atoms with Crippen molar-refractivity contribution in [3.63, 3.8) is 0 Å². The minimum absolute atomic E-state index is 0.745. The SMILES string of the molecule is CC1(F)CC(F)S(=O)(=O)C1F. The Morgan fingerprint density at radius 1 is 1.45 bits per heavy atom. The maximum Gasteiger partial charge on any atom is 0.237 e. The van der Waals surface area contributed by atoms with Crippen LogP contribution < -0.4 is 0 Å². The molecular weight excluding hydrogens is 181 g/mol. The second kappa shape index (κ2) is 2.12. The van der Waals surface area contributed by atoms with E-state index in [0.29, 0.717) is 0 Å². The summed E-state index contributed by atoms with van der Waals surface area (Å²) >= 11 is 0. The maximum atomic E-state index is 12.8. The van der Waals surface area contributed by atoms with Gasteiger partial charge in [-0.05, 0) is 6.92 Å². The Kier molecular flexibility index (Phi) is 1.70. The third-order valence-corrected chi connectivity index (χ3v) is 3.63. The molecule has 1 rings (SSSR count). The van der Waals surface area contributed by atoms with Crippen molar-refractivity contribution < 1.29 is 21.6 Å². The quantitative estimate of drug-likeness (QED) is 0.571. The number of sulfone groups is 1. The van der Waals surface area contributed by atoms with E-state index in [1.54, 1.807) is 0 Å². The molecular formula is C5H7F3O2S. The van der Waals surface area contributed by atoms with Gasteiger partial charge >= 0.3 is 0 Å². The van der Waals surface area contributed by atoms with E-state index in [1.165, 1.54) is 0 Å². The van der Waals surface area contributed by atoms with E-state index in [0.717, 1.165) is 6.92 Å². The third-order valence-electron chi connectivity index (χ3n) is 1.68. The van der Waals surface area contributed by atoms with Crippen LogP contribution in [0.3, 0.4) is 0 Å². The lowest BCUT2D eigenvalue weighted by Crippen LogP contribution is -2.28. The molecule has 11 heavy (non-hydrogen) atoms. The number of halogens is 3. The fourth-order valence-electron chi connectivity index (χ4n) is 0.995. The Labute approximate surface area is 62.3 Å². The summed E-state index contributed by atoms with van der Waals surface area (Å²) in [6.45, 7) is 0.745. The van der Waals surface area contributed by atoms with Crippen LogP contribution in [-0.4, -0.2) is 25.1 Å². The van der Waals surface area contributed by atoms with Gasteiger partial charge in [-0.3, -0.25) is 0 Å². The van der Waals surface area contributed by atoms with Crippen molar-refractivity contribution in [2.24, 2.45) is 0 Å². The maximum absolute atomic E-state index is 12.8. The summed E-state index contributed by atoms with van der Waals surface area (Å²) in [5.41, 5.74) is -7.68. The summed E-state index contributed by atoms with van der Waals surface area (Å²) in [7, 11) is -4.52. The van der Waals surface area contributed by atoms with Crippen LogP contribution in [0.2, 0.25) is 0 Å². The molecule has 0 aromatic heterocycles. The molecule has 1 aliphatic heterocycles. The van der Waals surface area contributed by atoms with Gasteiger partial charge in [0.2, 0.25) is 20.8 Å². The summed E-state index contributed by atoms with van der Waals surface area (Å²) in [5.74, 6) is 0. The zero-order valence-electron chi connectivity index (χ0n) is 5.72. The van der Waals surface area contributed by atoms with Crippen LogP contribution in [-0.2, 0) is 9.84 Å². The van der Waals surface area contributed by atoms with Crippen LogP contribution in [0.1, 0.15) is 13.3 Å². The topological polar surface area (TPSA) is 34.1 Å². The number of hydrogen-bond donors (Lipinski definition) is 0. The Balaban J connectivity index is 3.09. The highest BCUT2D eigenvalue weighted by Gasteiger charge is 2.57. The summed E-state index contributed by atoms with van der Waals surface area (Å²) in [6, 6.07) is 0. The molecule has 0 saturated carbocycles.